The van der Waals surface area contributed by atoms with Gasteiger partial charge in [0.15, 0.2) is 6.10 Å². The number of carbonyl (C=O) groups excluding carboxylic acids is 3. The summed E-state index contributed by atoms with van der Waals surface area (Å²) >= 11 is 0. The second kappa shape index (κ2) is 49.8. The molecule has 0 N–H and O–H groups in total. The smallest absolute Gasteiger partial charge is 0.306 e. The summed E-state index contributed by atoms with van der Waals surface area (Å²) in [7, 11) is 0. The van der Waals surface area contributed by atoms with Gasteiger partial charge in [0.1, 0.15) is 13.2 Å². The first-order valence-corrected chi connectivity index (χ1v) is 26.7. The van der Waals surface area contributed by atoms with Crippen molar-refractivity contribution >= 4 is 17.9 Å². The second-order valence-corrected chi connectivity index (χ2v) is 18.2. The van der Waals surface area contributed by atoms with Crippen LogP contribution in [0.2, 0.25) is 0 Å². The molecule has 0 aromatic carbocycles. The molecule has 0 spiro atoms. The SMILES string of the molecule is CCCCCCCC/C=C\CCCCCCCCCC(=O)OCC(COC(=O)CCCCCCCCCCC)OC(=O)CCCCCCCCCCCCCCCCCC. The van der Waals surface area contributed by atoms with Gasteiger partial charge in [-0.2, -0.15) is 0 Å². The zero-order valence-electron chi connectivity index (χ0n) is 40.5. The monoisotopic (exact) mass is 847 g/mol. The van der Waals surface area contributed by atoms with Crippen LogP contribution in [0.1, 0.15) is 297 Å². The lowest BCUT2D eigenvalue weighted by atomic mass is 10.0. The molecule has 0 amide bonds. The summed E-state index contributed by atoms with van der Waals surface area (Å²) in [6.07, 6.45) is 54.8. The van der Waals surface area contributed by atoms with Gasteiger partial charge in [0.05, 0.1) is 0 Å². The molecule has 6 heteroatoms. The second-order valence-electron chi connectivity index (χ2n) is 18.2. The quantitative estimate of drug-likeness (QED) is 0.0263. The Balaban J connectivity index is 4.26. The van der Waals surface area contributed by atoms with E-state index in [4.69, 9.17) is 14.2 Å². The minimum absolute atomic E-state index is 0.0663. The molecule has 0 heterocycles. The Morgan fingerprint density at radius 1 is 0.317 bits per heavy atom. The van der Waals surface area contributed by atoms with Crippen molar-refractivity contribution in [3.05, 3.63) is 12.2 Å². The highest BCUT2D eigenvalue weighted by molar-refractivity contribution is 5.71. The Morgan fingerprint density at radius 3 is 0.833 bits per heavy atom. The highest BCUT2D eigenvalue weighted by atomic mass is 16.6. The minimum Gasteiger partial charge on any atom is -0.462 e. The molecule has 0 aliphatic heterocycles. The van der Waals surface area contributed by atoms with Crippen LogP contribution in [0.3, 0.4) is 0 Å². The summed E-state index contributed by atoms with van der Waals surface area (Å²) in [5.74, 6) is -0.855. The molecule has 0 fully saturated rings. The third kappa shape index (κ3) is 47.2. The Kier molecular flexibility index (Phi) is 48.3. The number of hydrogen-bond donors (Lipinski definition) is 0. The van der Waals surface area contributed by atoms with Crippen LogP contribution >= 0.6 is 0 Å². The van der Waals surface area contributed by atoms with Gasteiger partial charge in [0.25, 0.3) is 0 Å². The zero-order chi connectivity index (χ0) is 43.7. The predicted molar refractivity (Wildman–Crippen MR) is 256 cm³/mol. The van der Waals surface area contributed by atoms with Gasteiger partial charge < -0.3 is 14.2 Å². The number of unbranched alkanes of at least 4 members (excludes halogenated alkanes) is 36. The van der Waals surface area contributed by atoms with Crippen LogP contribution in [-0.2, 0) is 28.6 Å². The van der Waals surface area contributed by atoms with Crippen molar-refractivity contribution in [2.45, 2.75) is 303 Å². The van der Waals surface area contributed by atoms with Gasteiger partial charge in [-0.15, -0.1) is 0 Å². The lowest BCUT2D eigenvalue weighted by Gasteiger charge is -2.18. The summed E-state index contributed by atoms with van der Waals surface area (Å²) in [6.45, 7) is 6.65. The summed E-state index contributed by atoms with van der Waals surface area (Å²) in [6, 6.07) is 0. The molecule has 0 aliphatic rings. The molecular weight excluding hydrogens is 745 g/mol. The van der Waals surface area contributed by atoms with Crippen LogP contribution in [0.15, 0.2) is 12.2 Å². The lowest BCUT2D eigenvalue weighted by Crippen LogP contribution is -2.30. The molecule has 354 valence electrons. The highest BCUT2D eigenvalue weighted by Crippen LogP contribution is 2.16. The van der Waals surface area contributed by atoms with Gasteiger partial charge in [-0.25, -0.2) is 0 Å². The number of carbonyl (C=O) groups is 3. The maximum atomic E-state index is 12.8. The van der Waals surface area contributed by atoms with Crippen molar-refractivity contribution in [1.82, 2.24) is 0 Å². The van der Waals surface area contributed by atoms with Crippen molar-refractivity contribution < 1.29 is 28.6 Å². The molecule has 0 rings (SSSR count). The van der Waals surface area contributed by atoms with E-state index in [0.29, 0.717) is 19.3 Å². The van der Waals surface area contributed by atoms with Crippen LogP contribution in [0.4, 0.5) is 0 Å². The number of allylic oxidation sites excluding steroid dienone is 2. The van der Waals surface area contributed by atoms with Crippen LogP contribution in [-0.4, -0.2) is 37.2 Å². The van der Waals surface area contributed by atoms with E-state index < -0.39 is 6.10 Å². The van der Waals surface area contributed by atoms with E-state index >= 15 is 0 Å². The van der Waals surface area contributed by atoms with E-state index in [0.717, 1.165) is 57.8 Å². The van der Waals surface area contributed by atoms with Crippen molar-refractivity contribution in [3.63, 3.8) is 0 Å². The number of rotatable bonds is 49. The Bertz CT molecular complexity index is 931. The molecule has 0 aromatic heterocycles. The van der Waals surface area contributed by atoms with Crippen LogP contribution in [0.5, 0.6) is 0 Å². The molecule has 1 unspecified atom stereocenters. The average Bonchev–Trinajstić information content (AvgIpc) is 3.24. The van der Waals surface area contributed by atoms with Gasteiger partial charge in [-0.05, 0) is 44.9 Å². The lowest BCUT2D eigenvalue weighted by molar-refractivity contribution is -0.167. The normalized spacial score (nSPS) is 12.0. The maximum absolute atomic E-state index is 12.8. The van der Waals surface area contributed by atoms with Crippen LogP contribution < -0.4 is 0 Å². The van der Waals surface area contributed by atoms with Gasteiger partial charge in [0, 0.05) is 19.3 Å². The summed E-state index contributed by atoms with van der Waals surface area (Å²) in [4.78, 5) is 37.9. The molecule has 60 heavy (non-hydrogen) atoms. The zero-order valence-corrected chi connectivity index (χ0v) is 40.5. The first-order chi connectivity index (χ1) is 29.5. The summed E-state index contributed by atoms with van der Waals surface area (Å²) in [5.41, 5.74) is 0. The first kappa shape index (κ1) is 58.1. The van der Waals surface area contributed by atoms with Gasteiger partial charge in [0.2, 0.25) is 0 Å². The van der Waals surface area contributed by atoms with E-state index in [9.17, 15) is 14.4 Å². The maximum Gasteiger partial charge on any atom is 0.306 e. The highest BCUT2D eigenvalue weighted by Gasteiger charge is 2.19. The molecule has 0 radical (unpaired) electrons. The number of ether oxygens (including phenoxy) is 3. The fourth-order valence-corrected chi connectivity index (χ4v) is 7.97. The standard InChI is InChI=1S/C54H102O6/c1-4-7-10-13-16-19-21-23-25-27-29-30-32-35-38-41-44-47-53(56)59-50-51(49-58-52(55)46-43-40-37-34-18-15-12-9-6-3)60-54(57)48-45-42-39-36-33-31-28-26-24-22-20-17-14-11-8-5-2/h23,25,51H,4-22,24,26-50H2,1-3H3/b25-23-. The molecule has 0 saturated carbocycles. The number of hydrogen-bond acceptors (Lipinski definition) is 6. The van der Waals surface area contributed by atoms with Crippen molar-refractivity contribution in [1.29, 1.82) is 0 Å². The molecule has 0 aromatic rings. The largest absolute Gasteiger partial charge is 0.462 e. The first-order valence-electron chi connectivity index (χ1n) is 26.7. The fraction of sp³-hybridized carbons (Fsp3) is 0.907. The van der Waals surface area contributed by atoms with E-state index in [2.05, 4.69) is 32.9 Å². The van der Waals surface area contributed by atoms with E-state index in [1.165, 1.54) is 199 Å². The third-order valence-corrected chi connectivity index (χ3v) is 12.0. The van der Waals surface area contributed by atoms with Crippen LogP contribution in [0, 0.1) is 0 Å². The minimum atomic E-state index is -0.764. The summed E-state index contributed by atoms with van der Waals surface area (Å²) < 4.78 is 16.8. The van der Waals surface area contributed by atoms with Crippen molar-refractivity contribution in [2.24, 2.45) is 0 Å². The molecule has 0 aliphatic carbocycles. The molecule has 1 atom stereocenters. The molecule has 0 bridgehead atoms. The Labute approximate surface area is 373 Å². The van der Waals surface area contributed by atoms with E-state index in [1.807, 2.05) is 0 Å². The van der Waals surface area contributed by atoms with Crippen molar-refractivity contribution in [3.8, 4) is 0 Å². The molecule has 0 saturated heterocycles. The van der Waals surface area contributed by atoms with Gasteiger partial charge >= 0.3 is 17.9 Å². The molecular formula is C54H102O6. The molecule has 6 nitrogen and oxygen atoms in total. The van der Waals surface area contributed by atoms with E-state index in [-0.39, 0.29) is 31.1 Å². The third-order valence-electron chi connectivity index (χ3n) is 12.0. The van der Waals surface area contributed by atoms with Crippen LogP contribution in [0.25, 0.3) is 0 Å². The van der Waals surface area contributed by atoms with Gasteiger partial charge in [-0.3, -0.25) is 14.4 Å². The average molecular weight is 847 g/mol. The Hall–Kier alpha value is -1.85. The fourth-order valence-electron chi connectivity index (χ4n) is 7.97. The van der Waals surface area contributed by atoms with Crippen molar-refractivity contribution in [2.75, 3.05) is 13.2 Å². The Morgan fingerprint density at radius 2 is 0.550 bits per heavy atom. The topological polar surface area (TPSA) is 78.9 Å². The number of esters is 3. The van der Waals surface area contributed by atoms with E-state index in [1.54, 1.807) is 0 Å². The predicted octanol–water partition coefficient (Wildman–Crippen LogP) is 17.4. The van der Waals surface area contributed by atoms with Gasteiger partial charge in [-0.1, -0.05) is 245 Å². The summed E-state index contributed by atoms with van der Waals surface area (Å²) in [5, 5.41) is 0.